The van der Waals surface area contributed by atoms with Gasteiger partial charge in [0.2, 0.25) is 0 Å². The van der Waals surface area contributed by atoms with E-state index in [0.717, 1.165) is 27.2 Å². The quantitative estimate of drug-likeness (QED) is 0.896. The zero-order chi connectivity index (χ0) is 15.4. The monoisotopic (exact) mass is 350 g/mol. The van der Waals surface area contributed by atoms with E-state index in [1.54, 1.807) is 14.2 Å². The van der Waals surface area contributed by atoms with Gasteiger partial charge in [0.15, 0.2) is 0 Å². The summed E-state index contributed by atoms with van der Waals surface area (Å²) in [4.78, 5) is 4.47. The molecular formula is C16H19BrN2O2. The maximum Gasteiger partial charge on any atom is 0.141 e. The van der Waals surface area contributed by atoms with E-state index in [1.165, 1.54) is 5.56 Å². The first-order valence-electron chi connectivity index (χ1n) is 6.62. The highest BCUT2D eigenvalue weighted by molar-refractivity contribution is 9.10. The molecule has 0 spiro atoms. The molecule has 0 fully saturated rings. The first kappa shape index (κ1) is 15.8. The molecule has 0 bridgehead atoms. The molecule has 0 aliphatic heterocycles. The number of ether oxygens (including phenoxy) is 2. The summed E-state index contributed by atoms with van der Waals surface area (Å²) in [5.41, 5.74) is 3.13. The van der Waals surface area contributed by atoms with Gasteiger partial charge in [-0.3, -0.25) is 4.98 Å². The molecule has 0 saturated heterocycles. The van der Waals surface area contributed by atoms with E-state index in [0.29, 0.717) is 0 Å². The van der Waals surface area contributed by atoms with E-state index in [-0.39, 0.29) is 6.04 Å². The van der Waals surface area contributed by atoms with Crippen LogP contribution in [0.5, 0.6) is 11.5 Å². The Balaban J connectivity index is 2.55. The van der Waals surface area contributed by atoms with Gasteiger partial charge in [-0.2, -0.15) is 0 Å². The second-order valence-electron chi connectivity index (χ2n) is 4.68. The Bertz CT molecular complexity index is 632. The normalized spacial score (nSPS) is 12.0. The van der Waals surface area contributed by atoms with Crippen molar-refractivity contribution in [3.05, 3.63) is 51.8 Å². The number of nitrogens with zero attached hydrogens (tertiary/aromatic N) is 1. The molecule has 5 heteroatoms. The minimum absolute atomic E-state index is 0.0537. The van der Waals surface area contributed by atoms with Gasteiger partial charge in [-0.25, -0.2) is 0 Å². The van der Waals surface area contributed by atoms with Crippen molar-refractivity contribution < 1.29 is 9.47 Å². The van der Waals surface area contributed by atoms with Crippen LogP contribution in [0.3, 0.4) is 0 Å². The molecule has 1 atom stereocenters. The van der Waals surface area contributed by atoms with Crippen molar-refractivity contribution >= 4 is 15.9 Å². The zero-order valence-corrected chi connectivity index (χ0v) is 14.2. The Kier molecular flexibility index (Phi) is 5.20. The molecule has 0 radical (unpaired) electrons. The maximum absolute atomic E-state index is 5.56. The smallest absolute Gasteiger partial charge is 0.141 e. The Morgan fingerprint density at radius 3 is 2.52 bits per heavy atom. The molecule has 0 aliphatic rings. The van der Waals surface area contributed by atoms with Crippen LogP contribution >= 0.6 is 15.9 Å². The molecule has 0 aliphatic carbocycles. The van der Waals surface area contributed by atoms with E-state index in [4.69, 9.17) is 9.47 Å². The number of rotatable bonds is 5. The molecule has 1 unspecified atom stereocenters. The minimum atomic E-state index is -0.0537. The summed E-state index contributed by atoms with van der Waals surface area (Å²) in [6.45, 7) is 2.05. The lowest BCUT2D eigenvalue weighted by Crippen LogP contribution is -2.20. The number of aromatic nitrogens is 1. The summed E-state index contributed by atoms with van der Waals surface area (Å²) in [5.74, 6) is 1.49. The lowest BCUT2D eigenvalue weighted by Gasteiger charge is -2.21. The third-order valence-corrected chi connectivity index (χ3v) is 4.10. The number of halogens is 1. The third-order valence-electron chi connectivity index (χ3n) is 3.35. The number of aryl methyl sites for hydroxylation is 1. The van der Waals surface area contributed by atoms with Crippen LogP contribution in [-0.2, 0) is 0 Å². The van der Waals surface area contributed by atoms with Crippen LogP contribution in [0, 0.1) is 6.92 Å². The average molecular weight is 351 g/mol. The van der Waals surface area contributed by atoms with Crippen molar-refractivity contribution in [3.63, 3.8) is 0 Å². The fraction of sp³-hybridized carbons (Fsp3) is 0.312. The summed E-state index contributed by atoms with van der Waals surface area (Å²) in [6.07, 6.45) is 1.82. The number of hydrogen-bond donors (Lipinski definition) is 1. The fourth-order valence-electron chi connectivity index (χ4n) is 2.33. The molecule has 4 nitrogen and oxygen atoms in total. The van der Waals surface area contributed by atoms with E-state index in [9.17, 15) is 0 Å². The van der Waals surface area contributed by atoms with Crippen LogP contribution in [0.25, 0.3) is 0 Å². The largest absolute Gasteiger partial charge is 0.495 e. The lowest BCUT2D eigenvalue weighted by molar-refractivity contribution is 0.383. The SMILES string of the molecule is CNC(c1cc(C)ccn1)c1ccc(OC)c(Br)c1OC. The van der Waals surface area contributed by atoms with Crippen LogP contribution in [0.2, 0.25) is 0 Å². The fourth-order valence-corrected chi connectivity index (χ4v) is 3.01. The second kappa shape index (κ2) is 6.91. The van der Waals surface area contributed by atoms with Crippen LogP contribution in [-0.4, -0.2) is 26.3 Å². The first-order chi connectivity index (χ1) is 10.1. The summed E-state index contributed by atoms with van der Waals surface area (Å²) < 4.78 is 11.7. The van der Waals surface area contributed by atoms with Gasteiger partial charge in [-0.15, -0.1) is 0 Å². The topological polar surface area (TPSA) is 43.4 Å². The summed E-state index contributed by atoms with van der Waals surface area (Å²) in [6, 6.07) is 7.91. The first-order valence-corrected chi connectivity index (χ1v) is 7.41. The molecule has 1 heterocycles. The number of methoxy groups -OCH3 is 2. The van der Waals surface area contributed by atoms with Gasteiger partial charge in [0.05, 0.1) is 26.0 Å². The summed E-state index contributed by atoms with van der Waals surface area (Å²) >= 11 is 3.54. The van der Waals surface area contributed by atoms with Crippen molar-refractivity contribution in [2.75, 3.05) is 21.3 Å². The number of nitrogens with one attached hydrogen (secondary N) is 1. The van der Waals surface area contributed by atoms with Crippen molar-refractivity contribution in [1.29, 1.82) is 0 Å². The molecule has 21 heavy (non-hydrogen) atoms. The van der Waals surface area contributed by atoms with Crippen LogP contribution in [0.4, 0.5) is 0 Å². The standard InChI is InChI=1S/C16H19BrN2O2/c1-10-7-8-19-12(9-10)15(18-2)11-5-6-13(20-3)14(17)16(11)21-4/h5-9,15,18H,1-4H3. The average Bonchev–Trinajstić information content (AvgIpc) is 2.48. The molecule has 2 aromatic rings. The van der Waals surface area contributed by atoms with Gasteiger partial charge in [0.1, 0.15) is 16.0 Å². The van der Waals surface area contributed by atoms with E-state index < -0.39 is 0 Å². The Morgan fingerprint density at radius 2 is 1.95 bits per heavy atom. The predicted octanol–water partition coefficient (Wildman–Crippen LogP) is 3.48. The summed E-state index contributed by atoms with van der Waals surface area (Å²) in [7, 11) is 5.20. The Hall–Kier alpha value is -1.59. The predicted molar refractivity (Wildman–Crippen MR) is 87.1 cm³/mol. The van der Waals surface area contributed by atoms with Gasteiger partial charge in [-0.1, -0.05) is 0 Å². The van der Waals surface area contributed by atoms with Gasteiger partial charge in [-0.05, 0) is 59.7 Å². The number of benzene rings is 1. The van der Waals surface area contributed by atoms with Crippen molar-refractivity contribution in [1.82, 2.24) is 10.3 Å². The highest BCUT2D eigenvalue weighted by Gasteiger charge is 2.21. The van der Waals surface area contributed by atoms with E-state index >= 15 is 0 Å². The second-order valence-corrected chi connectivity index (χ2v) is 5.48. The van der Waals surface area contributed by atoms with Gasteiger partial charge < -0.3 is 14.8 Å². The van der Waals surface area contributed by atoms with Crippen LogP contribution in [0.1, 0.15) is 22.9 Å². The highest BCUT2D eigenvalue weighted by atomic mass is 79.9. The van der Waals surface area contributed by atoms with Gasteiger partial charge in [0, 0.05) is 11.8 Å². The Morgan fingerprint density at radius 1 is 1.19 bits per heavy atom. The third kappa shape index (κ3) is 3.19. The van der Waals surface area contributed by atoms with Crippen molar-refractivity contribution in [3.8, 4) is 11.5 Å². The maximum atomic E-state index is 5.56. The minimum Gasteiger partial charge on any atom is -0.495 e. The molecular weight excluding hydrogens is 332 g/mol. The van der Waals surface area contributed by atoms with Crippen LogP contribution in [0.15, 0.2) is 34.9 Å². The van der Waals surface area contributed by atoms with Crippen LogP contribution < -0.4 is 14.8 Å². The molecule has 2 rings (SSSR count). The molecule has 1 N–H and O–H groups in total. The molecule has 0 saturated carbocycles. The molecule has 1 aromatic carbocycles. The zero-order valence-electron chi connectivity index (χ0n) is 12.6. The summed E-state index contributed by atoms with van der Waals surface area (Å²) in [5, 5.41) is 3.30. The number of pyridine rings is 1. The lowest BCUT2D eigenvalue weighted by atomic mass is 10.0. The molecule has 112 valence electrons. The highest BCUT2D eigenvalue weighted by Crippen LogP contribution is 2.40. The number of hydrogen-bond acceptors (Lipinski definition) is 4. The van der Waals surface area contributed by atoms with Gasteiger partial charge in [0.25, 0.3) is 0 Å². The Labute approximate surface area is 133 Å². The van der Waals surface area contributed by atoms with E-state index in [2.05, 4.69) is 39.2 Å². The molecule has 1 aromatic heterocycles. The molecule has 0 amide bonds. The van der Waals surface area contributed by atoms with E-state index in [1.807, 2.05) is 31.4 Å². The van der Waals surface area contributed by atoms with Crippen molar-refractivity contribution in [2.45, 2.75) is 13.0 Å². The van der Waals surface area contributed by atoms with Crippen molar-refractivity contribution in [2.24, 2.45) is 0 Å². The van der Waals surface area contributed by atoms with Gasteiger partial charge >= 0.3 is 0 Å².